The highest BCUT2D eigenvalue weighted by atomic mass is 16.3. The van der Waals surface area contributed by atoms with Crippen LogP contribution in [0, 0.1) is 5.41 Å². The SMILES string of the molecule is CCCCc1ncc(CN(C)CC2(CO)CCC2)[nH]1. The summed E-state index contributed by atoms with van der Waals surface area (Å²) in [5.41, 5.74) is 1.35. The van der Waals surface area contributed by atoms with Gasteiger partial charge in [0.15, 0.2) is 0 Å². The predicted molar refractivity (Wildman–Crippen MR) is 76.9 cm³/mol. The van der Waals surface area contributed by atoms with Crippen LogP contribution in [0.5, 0.6) is 0 Å². The first kappa shape index (κ1) is 14.5. The smallest absolute Gasteiger partial charge is 0.106 e. The number of imidazole rings is 1. The highest BCUT2D eigenvalue weighted by Gasteiger charge is 2.37. The number of aromatic nitrogens is 2. The molecule has 2 rings (SSSR count). The Morgan fingerprint density at radius 2 is 2.26 bits per heavy atom. The fourth-order valence-electron chi connectivity index (χ4n) is 2.92. The van der Waals surface area contributed by atoms with Crippen LogP contribution in [0.25, 0.3) is 0 Å². The quantitative estimate of drug-likeness (QED) is 0.758. The standard InChI is InChI=1S/C15H27N3O/c1-3-4-6-14-16-9-13(17-14)10-18(2)11-15(12-19)7-5-8-15/h9,19H,3-8,10-12H2,1-2H3,(H,16,17). The van der Waals surface area contributed by atoms with E-state index in [-0.39, 0.29) is 5.41 Å². The molecule has 0 spiro atoms. The van der Waals surface area contributed by atoms with Crippen molar-refractivity contribution in [3.8, 4) is 0 Å². The summed E-state index contributed by atoms with van der Waals surface area (Å²) in [5, 5.41) is 9.51. The molecular formula is C15H27N3O. The molecule has 1 heterocycles. The fourth-order valence-corrected chi connectivity index (χ4v) is 2.92. The highest BCUT2D eigenvalue weighted by molar-refractivity contribution is 5.02. The van der Waals surface area contributed by atoms with E-state index in [1.165, 1.54) is 37.8 Å². The Kier molecular flexibility index (Phi) is 4.99. The van der Waals surface area contributed by atoms with E-state index in [0.29, 0.717) is 6.61 Å². The van der Waals surface area contributed by atoms with Gasteiger partial charge in [-0.25, -0.2) is 4.98 Å². The van der Waals surface area contributed by atoms with Gasteiger partial charge < -0.3 is 10.1 Å². The van der Waals surface area contributed by atoms with Crippen molar-refractivity contribution in [2.75, 3.05) is 20.2 Å². The lowest BCUT2D eigenvalue weighted by atomic mass is 9.69. The second kappa shape index (κ2) is 6.53. The molecule has 1 aliphatic carbocycles. The Hall–Kier alpha value is -0.870. The first-order valence-corrected chi connectivity index (χ1v) is 7.49. The number of aryl methyl sites for hydroxylation is 1. The normalized spacial score (nSPS) is 17.7. The molecule has 0 unspecified atom stereocenters. The lowest BCUT2D eigenvalue weighted by molar-refractivity contribution is 0.0125. The van der Waals surface area contributed by atoms with E-state index in [1.807, 2.05) is 6.20 Å². The Morgan fingerprint density at radius 3 is 2.84 bits per heavy atom. The number of aliphatic hydroxyl groups excluding tert-OH is 1. The third-order valence-electron chi connectivity index (χ3n) is 4.24. The average Bonchev–Trinajstić information content (AvgIpc) is 2.79. The van der Waals surface area contributed by atoms with Crippen LogP contribution < -0.4 is 0 Å². The van der Waals surface area contributed by atoms with Crippen LogP contribution in [0.1, 0.15) is 50.5 Å². The van der Waals surface area contributed by atoms with Crippen LogP contribution in [0.15, 0.2) is 6.20 Å². The summed E-state index contributed by atoms with van der Waals surface area (Å²) in [6.45, 7) is 4.39. The molecule has 4 nitrogen and oxygen atoms in total. The molecule has 0 atom stereocenters. The van der Waals surface area contributed by atoms with Gasteiger partial charge in [-0.15, -0.1) is 0 Å². The van der Waals surface area contributed by atoms with E-state index < -0.39 is 0 Å². The van der Waals surface area contributed by atoms with Gasteiger partial charge in [-0.1, -0.05) is 19.8 Å². The number of nitrogens with one attached hydrogen (secondary N) is 1. The van der Waals surface area contributed by atoms with E-state index in [9.17, 15) is 5.11 Å². The second-order valence-electron chi connectivity index (χ2n) is 6.14. The number of unbranched alkanes of at least 4 members (excludes halogenated alkanes) is 1. The maximum atomic E-state index is 9.51. The van der Waals surface area contributed by atoms with E-state index in [2.05, 4.69) is 28.8 Å². The number of nitrogens with zero attached hydrogens (tertiary/aromatic N) is 2. The molecule has 0 aromatic carbocycles. The zero-order chi connectivity index (χ0) is 13.7. The van der Waals surface area contributed by atoms with Crippen LogP contribution in [0.4, 0.5) is 0 Å². The monoisotopic (exact) mass is 265 g/mol. The van der Waals surface area contributed by atoms with Crippen molar-refractivity contribution in [3.63, 3.8) is 0 Å². The molecule has 0 amide bonds. The van der Waals surface area contributed by atoms with Gasteiger partial charge in [-0.3, -0.25) is 4.90 Å². The summed E-state index contributed by atoms with van der Waals surface area (Å²) in [6.07, 6.45) is 8.98. The summed E-state index contributed by atoms with van der Waals surface area (Å²) in [4.78, 5) is 10.1. The summed E-state index contributed by atoms with van der Waals surface area (Å²) in [6, 6.07) is 0. The van der Waals surface area contributed by atoms with Crippen molar-refractivity contribution >= 4 is 0 Å². The molecular weight excluding hydrogens is 238 g/mol. The minimum absolute atomic E-state index is 0.166. The Labute approximate surface area is 116 Å². The van der Waals surface area contributed by atoms with Crippen molar-refractivity contribution in [2.24, 2.45) is 5.41 Å². The highest BCUT2D eigenvalue weighted by Crippen LogP contribution is 2.40. The third-order valence-corrected chi connectivity index (χ3v) is 4.24. The number of hydrogen-bond donors (Lipinski definition) is 2. The van der Waals surface area contributed by atoms with Gasteiger partial charge in [0.05, 0.1) is 0 Å². The number of aliphatic hydroxyl groups is 1. The molecule has 0 aliphatic heterocycles. The van der Waals surface area contributed by atoms with Crippen LogP contribution in [0.2, 0.25) is 0 Å². The van der Waals surface area contributed by atoms with Crippen LogP contribution >= 0.6 is 0 Å². The number of rotatable bonds is 8. The molecule has 1 aromatic heterocycles. The lowest BCUT2D eigenvalue weighted by Gasteiger charge is -2.42. The van der Waals surface area contributed by atoms with Crippen molar-refractivity contribution in [1.29, 1.82) is 0 Å². The molecule has 4 heteroatoms. The Bertz CT molecular complexity index is 379. The first-order valence-electron chi connectivity index (χ1n) is 7.49. The molecule has 1 saturated carbocycles. The van der Waals surface area contributed by atoms with Gasteiger partial charge in [0.1, 0.15) is 5.82 Å². The Morgan fingerprint density at radius 1 is 1.47 bits per heavy atom. The van der Waals surface area contributed by atoms with Crippen molar-refractivity contribution in [3.05, 3.63) is 17.7 Å². The Balaban J connectivity index is 1.81. The van der Waals surface area contributed by atoms with Crippen LogP contribution in [-0.4, -0.2) is 40.2 Å². The third kappa shape index (κ3) is 3.80. The summed E-state index contributed by atoms with van der Waals surface area (Å²) >= 11 is 0. The molecule has 1 fully saturated rings. The molecule has 1 aliphatic rings. The lowest BCUT2D eigenvalue weighted by Crippen LogP contribution is -2.43. The van der Waals surface area contributed by atoms with Gasteiger partial charge in [-0.2, -0.15) is 0 Å². The van der Waals surface area contributed by atoms with Crippen LogP contribution in [0.3, 0.4) is 0 Å². The van der Waals surface area contributed by atoms with Gasteiger partial charge in [0, 0.05) is 43.4 Å². The molecule has 19 heavy (non-hydrogen) atoms. The molecule has 2 N–H and O–H groups in total. The van der Waals surface area contributed by atoms with E-state index >= 15 is 0 Å². The molecule has 1 aromatic rings. The minimum Gasteiger partial charge on any atom is -0.396 e. The topological polar surface area (TPSA) is 52.1 Å². The largest absolute Gasteiger partial charge is 0.396 e. The second-order valence-corrected chi connectivity index (χ2v) is 6.14. The molecule has 0 radical (unpaired) electrons. The van der Waals surface area contributed by atoms with Crippen molar-refractivity contribution < 1.29 is 5.11 Å². The molecule has 0 bridgehead atoms. The van der Waals surface area contributed by atoms with E-state index in [0.717, 1.165) is 25.3 Å². The fraction of sp³-hybridized carbons (Fsp3) is 0.800. The predicted octanol–water partition coefficient (Wildman–Crippen LogP) is 2.35. The van der Waals surface area contributed by atoms with Gasteiger partial charge in [0.2, 0.25) is 0 Å². The van der Waals surface area contributed by atoms with Gasteiger partial charge >= 0.3 is 0 Å². The first-order chi connectivity index (χ1) is 9.17. The van der Waals surface area contributed by atoms with E-state index in [1.54, 1.807) is 0 Å². The minimum atomic E-state index is 0.166. The number of aromatic amines is 1. The van der Waals surface area contributed by atoms with Crippen molar-refractivity contribution in [2.45, 2.75) is 52.0 Å². The van der Waals surface area contributed by atoms with E-state index in [4.69, 9.17) is 0 Å². The average molecular weight is 265 g/mol. The summed E-state index contributed by atoms with van der Waals surface area (Å²) in [7, 11) is 2.13. The molecule has 0 saturated heterocycles. The zero-order valence-electron chi connectivity index (χ0n) is 12.3. The summed E-state index contributed by atoms with van der Waals surface area (Å²) in [5.74, 6) is 1.10. The van der Waals surface area contributed by atoms with Gasteiger partial charge in [-0.05, 0) is 26.3 Å². The summed E-state index contributed by atoms with van der Waals surface area (Å²) < 4.78 is 0. The van der Waals surface area contributed by atoms with Crippen LogP contribution in [-0.2, 0) is 13.0 Å². The van der Waals surface area contributed by atoms with Gasteiger partial charge in [0.25, 0.3) is 0 Å². The molecule has 108 valence electrons. The number of hydrogen-bond acceptors (Lipinski definition) is 3. The number of H-pyrrole nitrogens is 1. The van der Waals surface area contributed by atoms with Crippen molar-refractivity contribution in [1.82, 2.24) is 14.9 Å². The maximum Gasteiger partial charge on any atom is 0.106 e. The zero-order valence-corrected chi connectivity index (χ0v) is 12.3. The maximum absolute atomic E-state index is 9.51.